The van der Waals surface area contributed by atoms with Crippen molar-refractivity contribution in [2.75, 3.05) is 13.1 Å². The highest BCUT2D eigenvalue weighted by Crippen LogP contribution is 2.26. The van der Waals surface area contributed by atoms with E-state index in [1.165, 1.54) is 75.9 Å². The maximum absolute atomic E-state index is 10.2. The van der Waals surface area contributed by atoms with E-state index in [9.17, 15) is 4.79 Å². The van der Waals surface area contributed by atoms with Crippen LogP contribution in [0.1, 0.15) is 76.6 Å². The van der Waals surface area contributed by atoms with Crippen LogP contribution in [-0.4, -0.2) is 40.2 Å². The fraction of sp³-hybridized carbons (Fsp3) is 0.650. The van der Waals surface area contributed by atoms with E-state index in [-0.39, 0.29) is 11.3 Å². The van der Waals surface area contributed by atoms with Crippen LogP contribution in [-0.2, 0) is 0 Å². The summed E-state index contributed by atoms with van der Waals surface area (Å²) in [5, 5.41) is 17.1. The second kappa shape index (κ2) is 13.8. The Hall–Kier alpha value is -1.55. The highest BCUT2D eigenvalue weighted by atomic mass is 16.4. The lowest BCUT2D eigenvalue weighted by molar-refractivity contribution is 0.0697. The number of carbonyl (C=O) groups is 1. The number of aromatic carboxylic acids is 1. The van der Waals surface area contributed by atoms with Crippen molar-refractivity contribution >= 4 is 5.97 Å². The average Bonchev–Trinajstić information content (AvgIpc) is 2.59. The summed E-state index contributed by atoms with van der Waals surface area (Å²) in [6.45, 7) is 10.8. The van der Waals surface area contributed by atoms with Crippen LogP contribution in [0.2, 0.25) is 0 Å². The molecule has 3 rings (SSSR count). The third kappa shape index (κ3) is 8.34. The van der Waals surface area contributed by atoms with Crippen molar-refractivity contribution in [1.82, 2.24) is 4.90 Å². The molecule has 0 spiro atoms. The van der Waals surface area contributed by atoms with E-state index >= 15 is 0 Å². The molecule has 0 bridgehead atoms. The minimum atomic E-state index is -0.986. The first-order valence-electron chi connectivity index (χ1n) is 9.43. The maximum Gasteiger partial charge on any atom is 0.335 e. The predicted octanol–water partition coefficient (Wildman–Crippen LogP) is 5.17. The number of carboxylic acids is 1. The van der Waals surface area contributed by atoms with Crippen LogP contribution in [0.25, 0.3) is 0 Å². The van der Waals surface area contributed by atoms with Crippen LogP contribution < -0.4 is 0 Å². The first-order chi connectivity index (χ1) is 11.7. The van der Waals surface area contributed by atoms with Crippen molar-refractivity contribution in [1.29, 1.82) is 0 Å². The molecule has 0 radical (unpaired) electrons. The number of carboxylic acid groups (broad SMARTS) is 1. The Kier molecular flexibility index (Phi) is 13.0. The number of rotatable bonds is 2. The summed E-state index contributed by atoms with van der Waals surface area (Å²) in [5.41, 5.74) is 0.179. The number of hydrogen-bond acceptors (Lipinski definition) is 3. The van der Waals surface area contributed by atoms with Crippen LogP contribution in [0.4, 0.5) is 0 Å². The number of nitrogens with zero attached hydrogens (tertiary/aromatic N) is 1. The molecule has 4 nitrogen and oxygen atoms in total. The summed E-state index contributed by atoms with van der Waals surface area (Å²) >= 11 is 0. The molecule has 2 aliphatic rings. The van der Waals surface area contributed by atoms with E-state index in [2.05, 4.69) is 4.90 Å². The van der Waals surface area contributed by atoms with E-state index in [0.717, 1.165) is 6.04 Å². The number of phenolic OH excluding ortho intramolecular Hbond substituents is 1. The zero-order valence-electron chi connectivity index (χ0n) is 15.8. The summed E-state index contributed by atoms with van der Waals surface area (Å²) in [5.74, 6) is -0.912. The van der Waals surface area contributed by atoms with Crippen molar-refractivity contribution in [2.24, 2.45) is 0 Å². The first kappa shape index (κ1) is 22.4. The molecule has 4 heteroatoms. The number of piperidine rings is 1. The maximum atomic E-state index is 10.2. The van der Waals surface area contributed by atoms with Crippen LogP contribution in [0.15, 0.2) is 24.3 Å². The minimum absolute atomic E-state index is 0.0741. The largest absolute Gasteiger partial charge is 0.508 e. The van der Waals surface area contributed by atoms with Gasteiger partial charge >= 0.3 is 5.97 Å². The van der Waals surface area contributed by atoms with E-state index < -0.39 is 5.97 Å². The molecule has 1 aliphatic carbocycles. The average molecular weight is 338 g/mol. The monoisotopic (exact) mass is 337 g/mol. The molecule has 1 aromatic rings. The second-order valence-corrected chi connectivity index (χ2v) is 5.53. The van der Waals surface area contributed by atoms with Crippen molar-refractivity contribution in [3.8, 4) is 5.75 Å². The molecule has 1 saturated heterocycles. The van der Waals surface area contributed by atoms with Crippen LogP contribution >= 0.6 is 0 Å². The number of aromatic hydroxyl groups is 1. The van der Waals surface area contributed by atoms with Gasteiger partial charge in [0.15, 0.2) is 0 Å². The van der Waals surface area contributed by atoms with Gasteiger partial charge in [0, 0.05) is 6.04 Å². The highest BCUT2D eigenvalue weighted by molar-refractivity contribution is 5.87. The minimum Gasteiger partial charge on any atom is -0.508 e. The topological polar surface area (TPSA) is 60.8 Å². The third-order valence-electron chi connectivity index (χ3n) is 4.10. The lowest BCUT2D eigenvalue weighted by Gasteiger charge is -2.39. The summed E-state index contributed by atoms with van der Waals surface area (Å²) in [4.78, 5) is 12.9. The van der Waals surface area contributed by atoms with Crippen LogP contribution in [0, 0.1) is 0 Å². The summed E-state index contributed by atoms with van der Waals surface area (Å²) < 4.78 is 0. The Morgan fingerprint density at radius 3 is 1.79 bits per heavy atom. The molecule has 0 unspecified atom stereocenters. The molecule has 1 aromatic carbocycles. The highest BCUT2D eigenvalue weighted by Gasteiger charge is 2.25. The second-order valence-electron chi connectivity index (χ2n) is 5.53. The Morgan fingerprint density at radius 2 is 1.42 bits per heavy atom. The van der Waals surface area contributed by atoms with Gasteiger partial charge in [0.1, 0.15) is 5.75 Å². The van der Waals surface area contributed by atoms with Crippen molar-refractivity contribution in [3.63, 3.8) is 0 Å². The van der Waals surface area contributed by atoms with Gasteiger partial charge in [-0.3, -0.25) is 0 Å². The van der Waals surface area contributed by atoms with Gasteiger partial charge in [0.25, 0.3) is 0 Å². The Bertz CT molecular complexity index is 421. The Morgan fingerprint density at radius 1 is 0.917 bits per heavy atom. The summed E-state index contributed by atoms with van der Waals surface area (Å²) in [6.07, 6.45) is 8.84. The van der Waals surface area contributed by atoms with E-state index in [1.54, 1.807) is 0 Å². The fourth-order valence-corrected chi connectivity index (χ4v) is 2.64. The van der Waals surface area contributed by atoms with Gasteiger partial charge in [-0.1, -0.05) is 40.5 Å². The first-order valence-corrected chi connectivity index (χ1v) is 9.43. The standard InChI is InChI=1S/C9H17N.C7H6O3.2C2H6/c1-2-7-10(8-3-1)9-5-4-6-9;8-6-3-1-5(2-4-6)7(9)10;2*1-2/h9H,1-8H2;1-4,8H,(H,9,10);2*1-2H3. The molecule has 0 atom stereocenters. The smallest absolute Gasteiger partial charge is 0.335 e. The van der Waals surface area contributed by atoms with Crippen molar-refractivity contribution in [2.45, 2.75) is 72.3 Å². The number of likely N-dealkylation sites (tertiary alicyclic amines) is 1. The van der Waals surface area contributed by atoms with Gasteiger partial charge in [0.05, 0.1) is 5.56 Å². The lowest BCUT2D eigenvalue weighted by atomic mass is 9.90. The zero-order chi connectivity index (χ0) is 18.4. The summed E-state index contributed by atoms with van der Waals surface area (Å²) in [6, 6.07) is 6.36. The fourth-order valence-electron chi connectivity index (χ4n) is 2.64. The van der Waals surface area contributed by atoms with Gasteiger partial charge in [-0.25, -0.2) is 4.79 Å². The van der Waals surface area contributed by atoms with E-state index in [4.69, 9.17) is 10.2 Å². The molecule has 24 heavy (non-hydrogen) atoms. The molecule has 138 valence electrons. The molecule has 0 amide bonds. The molecular weight excluding hydrogens is 302 g/mol. The zero-order valence-corrected chi connectivity index (χ0v) is 15.8. The number of benzene rings is 1. The van der Waals surface area contributed by atoms with Gasteiger partial charge < -0.3 is 15.1 Å². The van der Waals surface area contributed by atoms with Crippen molar-refractivity contribution < 1.29 is 15.0 Å². The molecule has 2 N–H and O–H groups in total. The van der Waals surface area contributed by atoms with Crippen molar-refractivity contribution in [3.05, 3.63) is 29.8 Å². The van der Waals surface area contributed by atoms with Crippen LogP contribution in [0.5, 0.6) is 5.75 Å². The Balaban J connectivity index is 0.000000366. The van der Waals surface area contributed by atoms with Gasteiger partial charge in [0.2, 0.25) is 0 Å². The lowest BCUT2D eigenvalue weighted by Crippen LogP contribution is -2.42. The Labute approximate surface area is 147 Å². The molecule has 1 saturated carbocycles. The predicted molar refractivity (Wildman–Crippen MR) is 101 cm³/mol. The third-order valence-corrected chi connectivity index (χ3v) is 4.10. The number of hydrogen-bond donors (Lipinski definition) is 2. The quantitative estimate of drug-likeness (QED) is 0.782. The normalized spacial score (nSPS) is 16.8. The van der Waals surface area contributed by atoms with Gasteiger partial charge in [-0.2, -0.15) is 0 Å². The van der Waals surface area contributed by atoms with Crippen LogP contribution in [0.3, 0.4) is 0 Å². The van der Waals surface area contributed by atoms with E-state index in [1.807, 2.05) is 27.7 Å². The van der Waals surface area contributed by atoms with Gasteiger partial charge in [-0.05, 0) is 63.0 Å². The van der Waals surface area contributed by atoms with Gasteiger partial charge in [-0.15, -0.1) is 0 Å². The SMILES string of the molecule is C1CCN(C2CCC2)CC1.CC.CC.O=C(O)c1ccc(O)cc1. The molecule has 1 heterocycles. The summed E-state index contributed by atoms with van der Waals surface area (Å²) in [7, 11) is 0. The molecule has 1 aliphatic heterocycles. The molecular formula is C20H35NO3. The molecule has 2 fully saturated rings. The van der Waals surface area contributed by atoms with E-state index in [0.29, 0.717) is 0 Å². The molecule has 0 aromatic heterocycles. The number of phenols is 1.